The molecule has 12 heavy (non-hydrogen) atoms. The summed E-state index contributed by atoms with van der Waals surface area (Å²) in [6.45, 7) is 5.70. The maximum atomic E-state index is 5.73. The van der Waals surface area contributed by atoms with Crippen molar-refractivity contribution in [2.75, 3.05) is 0 Å². The predicted octanol–water partition coefficient (Wildman–Crippen LogP) is 0.925. The van der Waals surface area contributed by atoms with Crippen molar-refractivity contribution in [3.05, 3.63) is 12.7 Å². The van der Waals surface area contributed by atoms with E-state index in [0.29, 0.717) is 5.59 Å². The van der Waals surface area contributed by atoms with Crippen LogP contribution in [0.5, 0.6) is 0 Å². The van der Waals surface area contributed by atoms with Gasteiger partial charge in [-0.3, -0.25) is 0 Å². The van der Waals surface area contributed by atoms with Gasteiger partial charge in [0, 0.05) is 0 Å². The summed E-state index contributed by atoms with van der Waals surface area (Å²) in [5.74, 6) is 0. The summed E-state index contributed by atoms with van der Waals surface area (Å²) >= 11 is 0. The third-order valence-corrected chi connectivity index (χ3v) is 1.69. The maximum absolute atomic E-state index is 5.73. The topological polar surface area (TPSA) is 38.0 Å². The molecule has 0 aliphatic carbocycles. The van der Waals surface area contributed by atoms with E-state index in [2.05, 4.69) is 18.8 Å². The van der Waals surface area contributed by atoms with Crippen LogP contribution in [0.4, 0.5) is 0 Å². The molecule has 1 atom stereocenters. The molecule has 67 valence electrons. The van der Waals surface area contributed by atoms with Crippen LogP contribution in [-0.4, -0.2) is 19.2 Å². The number of nitrogens with two attached hydrogens (primary N) is 1. The van der Waals surface area contributed by atoms with Crippen molar-refractivity contribution >= 4 is 13.1 Å². The van der Waals surface area contributed by atoms with Crippen LogP contribution in [0.2, 0.25) is 0 Å². The summed E-state index contributed by atoms with van der Waals surface area (Å²) in [6.07, 6.45) is 6.09. The Balaban J connectivity index is 3.38. The Kier molecular flexibility index (Phi) is 6.77. The van der Waals surface area contributed by atoms with Crippen molar-refractivity contribution in [1.82, 2.24) is 5.32 Å². The van der Waals surface area contributed by atoms with Gasteiger partial charge in [0.2, 0.25) is 0 Å². The Labute approximate surface area is 76.3 Å². The average molecular weight is 165 g/mol. The number of hydrogen-bond donors (Lipinski definition) is 2. The third kappa shape index (κ3) is 6.16. The number of nitrogens with one attached hydrogen (secondary N) is 1. The van der Waals surface area contributed by atoms with E-state index in [9.17, 15) is 0 Å². The van der Waals surface area contributed by atoms with E-state index in [-0.39, 0.29) is 6.17 Å². The molecule has 0 aromatic carbocycles. The molecule has 0 saturated heterocycles. The minimum absolute atomic E-state index is 0.0328. The fourth-order valence-corrected chi connectivity index (χ4v) is 0.959. The molecule has 0 bridgehead atoms. The molecular weight excluding hydrogens is 147 g/mol. The van der Waals surface area contributed by atoms with Gasteiger partial charge in [-0.25, -0.2) is 0 Å². The molecule has 0 spiro atoms. The molecule has 0 fully saturated rings. The monoisotopic (exact) mass is 165 g/mol. The van der Waals surface area contributed by atoms with E-state index in [1.807, 2.05) is 0 Å². The van der Waals surface area contributed by atoms with Crippen molar-refractivity contribution < 1.29 is 0 Å². The van der Waals surface area contributed by atoms with Gasteiger partial charge in [0.1, 0.15) is 0 Å². The van der Waals surface area contributed by atoms with Gasteiger partial charge < -0.3 is 0 Å². The van der Waals surface area contributed by atoms with Gasteiger partial charge in [-0.05, 0) is 0 Å². The normalized spacial score (nSPS) is 12.1. The van der Waals surface area contributed by atoms with Crippen LogP contribution in [-0.2, 0) is 0 Å². The Bertz CT molecular complexity index is 145. The van der Waals surface area contributed by atoms with Crippen LogP contribution in [0.15, 0.2) is 12.7 Å². The second-order valence-electron chi connectivity index (χ2n) is 2.91. The van der Waals surface area contributed by atoms with E-state index in [4.69, 9.17) is 13.2 Å². The molecule has 0 rings (SSSR count). The predicted molar refractivity (Wildman–Crippen MR) is 56.2 cm³/mol. The first-order chi connectivity index (χ1) is 5.70. The third-order valence-electron chi connectivity index (χ3n) is 1.69. The number of hydrogen-bond acceptors (Lipinski definition) is 2. The number of rotatable bonds is 7. The van der Waals surface area contributed by atoms with Gasteiger partial charge in [0.25, 0.3) is 0 Å². The van der Waals surface area contributed by atoms with Crippen molar-refractivity contribution in [2.45, 2.75) is 38.8 Å². The molecule has 0 aromatic heterocycles. The molecule has 1 unspecified atom stereocenters. The quantitative estimate of drug-likeness (QED) is 0.334. The zero-order valence-corrected chi connectivity index (χ0v) is 7.84. The van der Waals surface area contributed by atoms with Crippen molar-refractivity contribution in [2.24, 2.45) is 5.73 Å². The van der Waals surface area contributed by atoms with Crippen molar-refractivity contribution in [1.29, 1.82) is 0 Å². The van der Waals surface area contributed by atoms with Crippen LogP contribution in [0.3, 0.4) is 0 Å². The van der Waals surface area contributed by atoms with E-state index >= 15 is 0 Å². The fraction of sp³-hybridized carbons (Fsp3) is 0.667. The molecule has 3 N–H and O–H groups in total. The van der Waals surface area contributed by atoms with Crippen LogP contribution in [0, 0.1) is 0 Å². The Morgan fingerprint density at radius 1 is 1.67 bits per heavy atom. The van der Waals surface area contributed by atoms with Gasteiger partial charge in [-0.2, -0.15) is 0 Å². The molecule has 0 aromatic rings. The summed E-state index contributed by atoms with van der Waals surface area (Å²) in [5.41, 5.74) is 6.29. The summed E-state index contributed by atoms with van der Waals surface area (Å²) < 4.78 is 0. The van der Waals surface area contributed by atoms with E-state index < -0.39 is 0 Å². The van der Waals surface area contributed by atoms with Gasteiger partial charge in [-0.1, -0.05) is 0 Å². The van der Waals surface area contributed by atoms with Crippen LogP contribution in [0.1, 0.15) is 32.6 Å². The first-order valence-corrected chi connectivity index (χ1v) is 4.47. The molecular formula is C9H18BN2. The van der Waals surface area contributed by atoms with Gasteiger partial charge in [0.15, 0.2) is 0 Å². The molecule has 2 nitrogen and oxygen atoms in total. The first kappa shape index (κ1) is 11.4. The van der Waals surface area contributed by atoms with Crippen molar-refractivity contribution in [3.8, 4) is 0 Å². The Hall–Kier alpha value is -0.565. The zero-order chi connectivity index (χ0) is 9.40. The first-order valence-electron chi connectivity index (χ1n) is 4.47. The van der Waals surface area contributed by atoms with Gasteiger partial charge in [0.05, 0.1) is 0 Å². The second-order valence-corrected chi connectivity index (χ2v) is 2.91. The molecule has 3 heteroatoms. The SMILES string of the molecule is [B]=C(C=C)NC(N)CCCCC. The summed E-state index contributed by atoms with van der Waals surface area (Å²) in [6, 6.07) is 0. The second kappa shape index (κ2) is 7.10. The molecule has 0 aliphatic rings. The van der Waals surface area contributed by atoms with Gasteiger partial charge in [-0.15, -0.1) is 0 Å². The standard InChI is InChI=1S/C9H18BN2/c1-3-5-6-7-9(11)12-8(10)4-2/h4,9,12H,2-3,5-7,11H2,1H3. The molecule has 0 heterocycles. The van der Waals surface area contributed by atoms with E-state index in [1.165, 1.54) is 12.8 Å². The van der Waals surface area contributed by atoms with Crippen LogP contribution >= 0.6 is 0 Å². The van der Waals surface area contributed by atoms with E-state index in [1.54, 1.807) is 6.08 Å². The van der Waals surface area contributed by atoms with Gasteiger partial charge >= 0.3 is 75.6 Å². The molecule has 1 radical (unpaired) electrons. The molecule has 0 aliphatic heterocycles. The molecule has 0 saturated carbocycles. The molecule has 0 amide bonds. The van der Waals surface area contributed by atoms with E-state index in [0.717, 1.165) is 12.8 Å². The fourth-order valence-electron chi connectivity index (χ4n) is 0.959. The zero-order valence-electron chi connectivity index (χ0n) is 7.84. The Morgan fingerprint density at radius 2 is 2.33 bits per heavy atom. The Morgan fingerprint density at radius 3 is 2.83 bits per heavy atom. The summed E-state index contributed by atoms with van der Waals surface area (Å²) in [5, 5.41) is 2.94. The van der Waals surface area contributed by atoms with Crippen LogP contribution in [0.25, 0.3) is 0 Å². The minimum atomic E-state index is -0.0328. The van der Waals surface area contributed by atoms with Crippen LogP contribution < -0.4 is 11.1 Å². The number of unbranched alkanes of at least 4 members (excludes halogenated alkanes) is 2. The summed E-state index contributed by atoms with van der Waals surface area (Å²) in [4.78, 5) is 0. The van der Waals surface area contributed by atoms with Crippen molar-refractivity contribution in [3.63, 3.8) is 0 Å². The average Bonchev–Trinajstić information content (AvgIpc) is 2.05. The summed E-state index contributed by atoms with van der Waals surface area (Å²) in [7, 11) is 5.49.